The second kappa shape index (κ2) is 7.20. The molecule has 1 spiro atoms. The fourth-order valence-electron chi connectivity index (χ4n) is 4.29. The van der Waals surface area contributed by atoms with Gasteiger partial charge in [-0.2, -0.15) is 0 Å². The van der Waals surface area contributed by atoms with Crippen LogP contribution in [0, 0.1) is 5.41 Å². The lowest BCUT2D eigenvalue weighted by Crippen LogP contribution is -2.55. The van der Waals surface area contributed by atoms with Crippen LogP contribution in [0.1, 0.15) is 45.2 Å². The minimum atomic E-state index is -0.0859. The van der Waals surface area contributed by atoms with Crippen LogP contribution in [-0.4, -0.2) is 53.5 Å². The zero-order valence-electron chi connectivity index (χ0n) is 15.5. The van der Waals surface area contributed by atoms with Crippen molar-refractivity contribution < 1.29 is 9.53 Å². The van der Waals surface area contributed by atoms with Crippen molar-refractivity contribution in [2.45, 2.75) is 52.1 Å². The Morgan fingerprint density at radius 1 is 1.28 bits per heavy atom. The number of hydrogen-bond donors (Lipinski definition) is 1. The van der Waals surface area contributed by atoms with Crippen LogP contribution in [-0.2, 0) is 11.3 Å². The van der Waals surface area contributed by atoms with Crippen LogP contribution in [0.3, 0.4) is 0 Å². The Bertz CT molecular complexity index is 685. The van der Waals surface area contributed by atoms with Gasteiger partial charge in [-0.25, -0.2) is 0 Å². The van der Waals surface area contributed by atoms with E-state index < -0.39 is 0 Å². The number of hydrogen-bond acceptors (Lipinski definition) is 4. The third kappa shape index (κ3) is 3.89. The van der Waals surface area contributed by atoms with E-state index in [2.05, 4.69) is 23.7 Å². The predicted molar refractivity (Wildman–Crippen MR) is 96.6 cm³/mol. The van der Waals surface area contributed by atoms with E-state index in [9.17, 15) is 9.59 Å². The zero-order chi connectivity index (χ0) is 18.0. The van der Waals surface area contributed by atoms with Gasteiger partial charge in [-0.1, -0.05) is 0 Å². The van der Waals surface area contributed by atoms with E-state index in [-0.39, 0.29) is 22.8 Å². The van der Waals surface area contributed by atoms with Crippen LogP contribution < -0.4 is 10.2 Å². The number of rotatable bonds is 4. The van der Waals surface area contributed by atoms with Gasteiger partial charge in [0, 0.05) is 55.5 Å². The van der Waals surface area contributed by atoms with Gasteiger partial charge in [0.2, 0.25) is 11.3 Å². The number of aromatic amines is 1. The molecule has 2 aliphatic rings. The number of aromatic nitrogens is 1. The lowest BCUT2D eigenvalue weighted by Gasteiger charge is -2.49. The number of methoxy groups -OCH3 is 1. The predicted octanol–water partition coefficient (Wildman–Crippen LogP) is 2.00. The molecule has 0 aliphatic carbocycles. The largest absolute Gasteiger partial charge is 0.491 e. The molecule has 1 N–H and O–H groups in total. The SMILES string of the molecule is COc1c[nH]c(CN2CCC[C@]3(CCC(=O)N(C(C)C)C3)C2)cc1=O. The second-order valence-electron chi connectivity index (χ2n) is 7.82. The summed E-state index contributed by atoms with van der Waals surface area (Å²) in [5.41, 5.74) is 1.02. The summed E-state index contributed by atoms with van der Waals surface area (Å²) in [6, 6.07) is 1.89. The number of H-pyrrole nitrogens is 1. The molecule has 0 radical (unpaired) electrons. The summed E-state index contributed by atoms with van der Waals surface area (Å²) in [7, 11) is 1.50. The standard InChI is InChI=1S/C19H29N3O3/c1-14(2)22-13-19(7-5-18(22)24)6-4-8-21(12-19)11-15-9-16(23)17(25-3)10-20-15/h9-10,14H,4-8,11-13H2,1-3H3,(H,20,23)/t19-/m0/s1. The molecule has 3 rings (SSSR count). The molecule has 2 aliphatic heterocycles. The summed E-state index contributed by atoms with van der Waals surface area (Å²) in [4.78, 5) is 31.8. The zero-order valence-corrected chi connectivity index (χ0v) is 15.5. The average molecular weight is 347 g/mol. The lowest BCUT2D eigenvalue weighted by molar-refractivity contribution is -0.141. The van der Waals surface area contributed by atoms with E-state index >= 15 is 0 Å². The van der Waals surface area contributed by atoms with E-state index in [4.69, 9.17) is 4.74 Å². The number of nitrogens with zero attached hydrogens (tertiary/aromatic N) is 2. The maximum absolute atomic E-state index is 12.2. The smallest absolute Gasteiger partial charge is 0.223 e. The second-order valence-corrected chi connectivity index (χ2v) is 7.82. The van der Waals surface area contributed by atoms with Gasteiger partial charge >= 0.3 is 0 Å². The highest BCUT2D eigenvalue weighted by atomic mass is 16.5. The molecule has 1 amide bonds. The number of amides is 1. The van der Waals surface area contributed by atoms with Crippen molar-refractivity contribution in [1.29, 1.82) is 0 Å². The van der Waals surface area contributed by atoms with E-state index in [1.807, 2.05) is 4.90 Å². The number of likely N-dealkylation sites (tertiary alicyclic amines) is 2. The summed E-state index contributed by atoms with van der Waals surface area (Å²) in [5, 5.41) is 0. The van der Waals surface area contributed by atoms with E-state index in [0.717, 1.165) is 44.7 Å². The molecule has 0 aromatic carbocycles. The Labute approximate surface area is 149 Å². The van der Waals surface area contributed by atoms with Crippen molar-refractivity contribution >= 4 is 5.91 Å². The molecule has 6 heteroatoms. The first-order chi connectivity index (χ1) is 11.9. The highest BCUT2D eigenvalue weighted by molar-refractivity contribution is 5.77. The molecule has 1 aromatic rings. The van der Waals surface area contributed by atoms with Crippen LogP contribution in [0.4, 0.5) is 0 Å². The van der Waals surface area contributed by atoms with Gasteiger partial charge in [-0.3, -0.25) is 14.5 Å². The monoisotopic (exact) mass is 347 g/mol. The van der Waals surface area contributed by atoms with Crippen molar-refractivity contribution in [3.05, 3.63) is 28.2 Å². The molecule has 25 heavy (non-hydrogen) atoms. The van der Waals surface area contributed by atoms with Gasteiger partial charge in [-0.15, -0.1) is 0 Å². The molecule has 3 heterocycles. The number of carbonyl (C=O) groups is 1. The Balaban J connectivity index is 1.70. The highest BCUT2D eigenvalue weighted by Crippen LogP contribution is 2.39. The van der Waals surface area contributed by atoms with Gasteiger partial charge in [0.1, 0.15) is 0 Å². The Morgan fingerprint density at radius 2 is 2.08 bits per heavy atom. The van der Waals surface area contributed by atoms with E-state index in [0.29, 0.717) is 12.2 Å². The molecule has 6 nitrogen and oxygen atoms in total. The van der Waals surface area contributed by atoms with Crippen LogP contribution in [0.2, 0.25) is 0 Å². The Morgan fingerprint density at radius 3 is 2.76 bits per heavy atom. The van der Waals surface area contributed by atoms with Crippen LogP contribution >= 0.6 is 0 Å². The number of pyridine rings is 1. The van der Waals surface area contributed by atoms with E-state index in [1.165, 1.54) is 13.5 Å². The summed E-state index contributed by atoms with van der Waals surface area (Å²) in [6.07, 6.45) is 5.59. The quantitative estimate of drug-likeness (QED) is 0.905. The molecule has 0 unspecified atom stereocenters. The molecule has 2 fully saturated rings. The molecule has 1 aromatic heterocycles. The molecular weight excluding hydrogens is 318 g/mol. The summed E-state index contributed by atoms with van der Waals surface area (Å²) in [6.45, 7) is 7.80. The topological polar surface area (TPSA) is 65.6 Å². The molecule has 0 bridgehead atoms. The fraction of sp³-hybridized carbons (Fsp3) is 0.684. The van der Waals surface area contributed by atoms with E-state index in [1.54, 1.807) is 12.3 Å². The highest BCUT2D eigenvalue weighted by Gasteiger charge is 2.42. The first-order valence-corrected chi connectivity index (χ1v) is 9.20. The summed E-state index contributed by atoms with van der Waals surface area (Å²) >= 11 is 0. The van der Waals surface area contributed by atoms with Crippen molar-refractivity contribution in [3.8, 4) is 5.75 Å². The first-order valence-electron chi connectivity index (χ1n) is 9.20. The van der Waals surface area contributed by atoms with Crippen molar-refractivity contribution in [1.82, 2.24) is 14.8 Å². The summed E-state index contributed by atoms with van der Waals surface area (Å²) < 4.78 is 5.03. The van der Waals surface area contributed by atoms with Gasteiger partial charge in [0.05, 0.1) is 7.11 Å². The van der Waals surface area contributed by atoms with Gasteiger partial charge in [0.25, 0.3) is 0 Å². The maximum atomic E-state index is 12.2. The number of nitrogens with one attached hydrogen (secondary N) is 1. The fourth-order valence-corrected chi connectivity index (χ4v) is 4.29. The average Bonchev–Trinajstić information content (AvgIpc) is 2.58. The van der Waals surface area contributed by atoms with Crippen LogP contribution in [0.25, 0.3) is 0 Å². The number of carbonyl (C=O) groups excluding carboxylic acids is 1. The van der Waals surface area contributed by atoms with Crippen molar-refractivity contribution in [2.24, 2.45) is 5.41 Å². The van der Waals surface area contributed by atoms with Crippen LogP contribution in [0.15, 0.2) is 17.1 Å². The third-order valence-electron chi connectivity index (χ3n) is 5.61. The lowest BCUT2D eigenvalue weighted by atomic mass is 9.73. The van der Waals surface area contributed by atoms with Crippen molar-refractivity contribution in [3.63, 3.8) is 0 Å². The molecular formula is C19H29N3O3. The van der Waals surface area contributed by atoms with Gasteiger partial charge < -0.3 is 14.6 Å². The molecule has 138 valence electrons. The number of piperidine rings is 2. The maximum Gasteiger partial charge on any atom is 0.223 e. The summed E-state index contributed by atoms with van der Waals surface area (Å²) in [5.74, 6) is 0.634. The Hall–Kier alpha value is -1.82. The first kappa shape index (κ1) is 18.0. The van der Waals surface area contributed by atoms with Crippen molar-refractivity contribution in [2.75, 3.05) is 26.7 Å². The molecule has 1 atom stereocenters. The molecule has 2 saturated heterocycles. The normalized spacial score (nSPS) is 25.0. The Kier molecular flexibility index (Phi) is 5.18. The van der Waals surface area contributed by atoms with Gasteiger partial charge in [0.15, 0.2) is 5.75 Å². The van der Waals surface area contributed by atoms with Gasteiger partial charge in [-0.05, 0) is 39.7 Å². The third-order valence-corrected chi connectivity index (χ3v) is 5.61. The van der Waals surface area contributed by atoms with Crippen LogP contribution in [0.5, 0.6) is 5.75 Å². The molecule has 0 saturated carbocycles. The minimum absolute atomic E-state index is 0.0859. The number of ether oxygens (including phenoxy) is 1. The minimum Gasteiger partial charge on any atom is -0.491 e.